The van der Waals surface area contributed by atoms with Crippen molar-refractivity contribution in [2.24, 2.45) is 0 Å². The number of carbonyl (C=O) groups excluding carboxylic acids is 3. The maximum atomic E-state index is 12.5. The molecule has 1 atom stereocenters. The molecule has 1 aliphatic rings. The Hall–Kier alpha value is -3.29. The van der Waals surface area contributed by atoms with Crippen molar-refractivity contribution < 1.29 is 23.5 Å². The second-order valence-electron chi connectivity index (χ2n) is 5.67. The summed E-state index contributed by atoms with van der Waals surface area (Å²) in [6.45, 7) is 2.26. The number of furan rings is 1. The van der Waals surface area contributed by atoms with Crippen LogP contribution >= 0.6 is 0 Å². The van der Waals surface area contributed by atoms with E-state index in [1.807, 2.05) is 6.92 Å². The number of hydrogen-bond acceptors (Lipinski definition) is 5. The Kier molecular flexibility index (Phi) is 5.21. The summed E-state index contributed by atoms with van der Waals surface area (Å²) in [4.78, 5) is 37.5. The van der Waals surface area contributed by atoms with Gasteiger partial charge < -0.3 is 19.8 Å². The van der Waals surface area contributed by atoms with Gasteiger partial charge in [-0.15, -0.1) is 0 Å². The normalized spacial score (nSPS) is 16.5. The molecule has 1 aliphatic heterocycles. The zero-order chi connectivity index (χ0) is 18.5. The average molecular weight is 357 g/mol. The topological polar surface area (TPSA) is 101 Å². The quantitative estimate of drug-likeness (QED) is 0.733. The van der Waals surface area contributed by atoms with Gasteiger partial charge in [0.2, 0.25) is 5.91 Å². The number of urea groups is 1. The van der Waals surface area contributed by atoms with Crippen molar-refractivity contribution in [3.05, 3.63) is 54.0 Å². The molecule has 8 nitrogen and oxygen atoms in total. The summed E-state index contributed by atoms with van der Waals surface area (Å²) in [5.74, 6) is 0.356. The number of benzene rings is 1. The molecule has 2 heterocycles. The maximum absolute atomic E-state index is 12.5. The van der Waals surface area contributed by atoms with Crippen LogP contribution in [0.25, 0.3) is 0 Å². The first kappa shape index (κ1) is 17.5. The first-order valence-corrected chi connectivity index (χ1v) is 8.22. The van der Waals surface area contributed by atoms with E-state index in [2.05, 4.69) is 10.6 Å². The zero-order valence-corrected chi connectivity index (χ0v) is 14.2. The molecule has 1 aromatic carbocycles. The minimum atomic E-state index is -0.809. The molecule has 3 rings (SSSR count). The lowest BCUT2D eigenvalue weighted by Gasteiger charge is -2.13. The number of amides is 4. The Morgan fingerprint density at radius 3 is 2.69 bits per heavy atom. The molecule has 2 aromatic rings. The minimum absolute atomic E-state index is 0.192. The first-order valence-electron chi connectivity index (χ1n) is 8.22. The summed E-state index contributed by atoms with van der Waals surface area (Å²) < 4.78 is 10.5. The van der Waals surface area contributed by atoms with E-state index in [4.69, 9.17) is 9.15 Å². The van der Waals surface area contributed by atoms with E-state index in [1.165, 1.54) is 6.26 Å². The van der Waals surface area contributed by atoms with E-state index >= 15 is 0 Å². The highest BCUT2D eigenvalue weighted by molar-refractivity contribution is 6.06. The van der Waals surface area contributed by atoms with Crippen LogP contribution in [-0.2, 0) is 16.1 Å². The lowest BCUT2D eigenvalue weighted by molar-refractivity contribution is -0.132. The molecule has 0 aliphatic carbocycles. The predicted octanol–water partition coefficient (Wildman–Crippen LogP) is 1.59. The zero-order valence-electron chi connectivity index (χ0n) is 14.2. The number of imide groups is 1. The number of hydrogen-bond donors (Lipinski definition) is 2. The van der Waals surface area contributed by atoms with Crippen molar-refractivity contribution in [2.75, 3.05) is 13.2 Å². The molecule has 8 heteroatoms. The summed E-state index contributed by atoms with van der Waals surface area (Å²) in [7, 11) is 0. The third kappa shape index (κ3) is 3.85. The summed E-state index contributed by atoms with van der Waals surface area (Å²) in [5, 5.41) is 5.20. The van der Waals surface area contributed by atoms with Crippen LogP contribution in [-0.4, -0.2) is 35.9 Å². The highest BCUT2D eigenvalue weighted by Crippen LogP contribution is 2.23. The van der Waals surface area contributed by atoms with Crippen LogP contribution in [0, 0.1) is 0 Å². The van der Waals surface area contributed by atoms with Crippen LogP contribution in [0.1, 0.15) is 24.3 Å². The van der Waals surface area contributed by atoms with E-state index in [0.29, 0.717) is 23.7 Å². The van der Waals surface area contributed by atoms with Gasteiger partial charge in [0.25, 0.3) is 5.91 Å². The summed E-state index contributed by atoms with van der Waals surface area (Å²) >= 11 is 0. The lowest BCUT2D eigenvalue weighted by atomic mass is 10.1. The number of ether oxygens (including phenoxy) is 1. The minimum Gasteiger partial charge on any atom is -0.494 e. The average Bonchev–Trinajstić information content (AvgIpc) is 3.25. The number of nitrogens with one attached hydrogen (secondary N) is 2. The van der Waals surface area contributed by atoms with Crippen LogP contribution < -0.4 is 15.4 Å². The molecule has 4 amide bonds. The Labute approximate surface area is 150 Å². The van der Waals surface area contributed by atoms with Crippen molar-refractivity contribution in [3.63, 3.8) is 0 Å². The van der Waals surface area contributed by atoms with Crippen LogP contribution in [0.15, 0.2) is 47.1 Å². The molecule has 0 radical (unpaired) electrons. The van der Waals surface area contributed by atoms with Gasteiger partial charge in [-0.2, -0.15) is 0 Å². The van der Waals surface area contributed by atoms with Crippen molar-refractivity contribution in [1.82, 2.24) is 15.5 Å². The van der Waals surface area contributed by atoms with E-state index in [1.54, 1.807) is 36.4 Å². The molecule has 1 fully saturated rings. The Morgan fingerprint density at radius 2 is 2.04 bits per heavy atom. The highest BCUT2D eigenvalue weighted by atomic mass is 16.5. The summed E-state index contributed by atoms with van der Waals surface area (Å²) in [5.41, 5.74) is 0.630. The predicted molar refractivity (Wildman–Crippen MR) is 91.2 cm³/mol. The van der Waals surface area contributed by atoms with Gasteiger partial charge in [-0.05, 0) is 36.8 Å². The molecule has 1 saturated heterocycles. The van der Waals surface area contributed by atoms with E-state index in [-0.39, 0.29) is 13.1 Å². The van der Waals surface area contributed by atoms with Crippen LogP contribution in [0.2, 0.25) is 0 Å². The number of rotatable bonds is 7. The molecule has 136 valence electrons. The molecular weight excluding hydrogens is 338 g/mol. The number of nitrogens with zero attached hydrogens (tertiary/aromatic N) is 1. The van der Waals surface area contributed by atoms with Gasteiger partial charge in [-0.25, -0.2) is 4.79 Å². The fourth-order valence-electron chi connectivity index (χ4n) is 2.62. The third-order valence-corrected chi connectivity index (χ3v) is 3.89. The number of carbonyl (C=O) groups is 3. The smallest absolute Gasteiger partial charge is 0.325 e. The van der Waals surface area contributed by atoms with Gasteiger partial charge in [0.1, 0.15) is 24.1 Å². The van der Waals surface area contributed by atoms with E-state index in [0.717, 1.165) is 4.90 Å². The third-order valence-electron chi connectivity index (χ3n) is 3.89. The van der Waals surface area contributed by atoms with E-state index < -0.39 is 23.9 Å². The maximum Gasteiger partial charge on any atom is 0.325 e. The van der Waals surface area contributed by atoms with Crippen molar-refractivity contribution in [1.29, 1.82) is 0 Å². The molecule has 1 aromatic heterocycles. The van der Waals surface area contributed by atoms with Gasteiger partial charge in [-0.1, -0.05) is 12.1 Å². The summed E-state index contributed by atoms with van der Waals surface area (Å²) in [6.07, 6.45) is 1.50. The highest BCUT2D eigenvalue weighted by Gasteiger charge is 2.39. The Morgan fingerprint density at radius 1 is 1.27 bits per heavy atom. The van der Waals surface area contributed by atoms with Gasteiger partial charge in [0.05, 0.1) is 19.4 Å². The fraction of sp³-hybridized carbons (Fsp3) is 0.278. The van der Waals surface area contributed by atoms with Crippen molar-refractivity contribution >= 4 is 17.8 Å². The van der Waals surface area contributed by atoms with Gasteiger partial charge >= 0.3 is 6.03 Å². The van der Waals surface area contributed by atoms with Gasteiger partial charge in [-0.3, -0.25) is 14.5 Å². The fourth-order valence-corrected chi connectivity index (χ4v) is 2.62. The van der Waals surface area contributed by atoms with Crippen molar-refractivity contribution in [2.45, 2.75) is 19.5 Å². The molecule has 0 spiro atoms. The Balaban J connectivity index is 1.60. The van der Waals surface area contributed by atoms with Gasteiger partial charge in [0.15, 0.2) is 0 Å². The molecule has 0 unspecified atom stereocenters. The van der Waals surface area contributed by atoms with Crippen LogP contribution in [0.5, 0.6) is 5.75 Å². The monoisotopic (exact) mass is 357 g/mol. The van der Waals surface area contributed by atoms with Crippen LogP contribution in [0.3, 0.4) is 0 Å². The molecule has 2 N–H and O–H groups in total. The molecule has 0 bridgehead atoms. The van der Waals surface area contributed by atoms with Gasteiger partial charge in [0, 0.05) is 0 Å². The molecule has 0 saturated carbocycles. The lowest BCUT2D eigenvalue weighted by Crippen LogP contribution is -2.40. The van der Waals surface area contributed by atoms with E-state index in [9.17, 15) is 14.4 Å². The molecular formula is C18H19N3O5. The standard InChI is InChI=1S/C18H19N3O5/c1-2-25-13-7-5-12(6-8-13)16-17(23)21(18(24)20-16)11-15(22)19-10-14-4-3-9-26-14/h3-9,16H,2,10-11H2,1H3,(H,19,22)(H,20,24)/t16-/m1/s1. The largest absolute Gasteiger partial charge is 0.494 e. The second-order valence-corrected chi connectivity index (χ2v) is 5.67. The summed E-state index contributed by atoms with van der Waals surface area (Å²) in [6, 6.07) is 8.92. The van der Waals surface area contributed by atoms with Crippen LogP contribution in [0.4, 0.5) is 4.79 Å². The first-order chi connectivity index (χ1) is 12.6. The SMILES string of the molecule is CCOc1ccc([C@H]2NC(=O)N(CC(=O)NCc3ccco3)C2=O)cc1. The molecule has 26 heavy (non-hydrogen) atoms. The second kappa shape index (κ2) is 7.73. The van der Waals surface area contributed by atoms with Crippen molar-refractivity contribution in [3.8, 4) is 5.75 Å². The Bertz CT molecular complexity index is 786.